The van der Waals surface area contributed by atoms with Crippen LogP contribution in [0.2, 0.25) is 0 Å². The Morgan fingerprint density at radius 2 is 1.45 bits per heavy atom. The zero-order valence-electron chi connectivity index (χ0n) is 16.4. The Labute approximate surface area is 187 Å². The normalized spacial score (nSPS) is 11.4. The summed E-state index contributed by atoms with van der Waals surface area (Å²) in [5.41, 5.74) is 1.30. The van der Waals surface area contributed by atoms with Crippen molar-refractivity contribution in [2.45, 2.75) is 12.5 Å². The third-order valence-electron chi connectivity index (χ3n) is 4.47. The van der Waals surface area contributed by atoms with Gasteiger partial charge < -0.3 is 10.1 Å². The molecule has 3 aromatic carbocycles. The van der Waals surface area contributed by atoms with E-state index in [9.17, 15) is 18.8 Å². The van der Waals surface area contributed by atoms with Crippen molar-refractivity contribution in [1.82, 2.24) is 0 Å². The molecule has 1 atom stereocenters. The maximum Gasteiger partial charge on any atom is 0.329 e. The minimum Gasteiger partial charge on any atom is -0.456 e. The van der Waals surface area contributed by atoms with Crippen LogP contribution in [0.3, 0.4) is 0 Å². The lowest BCUT2D eigenvalue weighted by molar-refractivity contribution is -0.143. The van der Waals surface area contributed by atoms with E-state index < -0.39 is 24.4 Å². The maximum atomic E-state index is 13.2. The lowest BCUT2D eigenvalue weighted by Gasteiger charge is -2.18. The molecular formula is C24H19BrFNO4. The fourth-order valence-electron chi connectivity index (χ4n) is 2.82. The van der Waals surface area contributed by atoms with Crippen LogP contribution in [-0.4, -0.2) is 30.2 Å². The molecule has 0 saturated heterocycles. The van der Waals surface area contributed by atoms with E-state index >= 15 is 0 Å². The summed E-state index contributed by atoms with van der Waals surface area (Å²) in [4.78, 5) is 37.6. The van der Waals surface area contributed by atoms with Gasteiger partial charge in [0.25, 0.3) is 0 Å². The summed E-state index contributed by atoms with van der Waals surface area (Å²) in [5, 5.41) is 2.90. The fourth-order valence-corrected chi connectivity index (χ4v) is 3.09. The molecule has 0 radical (unpaired) electrons. The maximum absolute atomic E-state index is 13.2. The molecule has 7 heteroatoms. The van der Waals surface area contributed by atoms with Crippen molar-refractivity contribution in [3.8, 4) is 0 Å². The number of benzene rings is 3. The second-order valence-electron chi connectivity index (χ2n) is 6.73. The Morgan fingerprint density at radius 3 is 2.10 bits per heavy atom. The quantitative estimate of drug-likeness (QED) is 0.339. The van der Waals surface area contributed by atoms with Crippen molar-refractivity contribution in [3.05, 3.63) is 100 Å². The molecule has 31 heavy (non-hydrogen) atoms. The highest BCUT2D eigenvalue weighted by atomic mass is 79.9. The number of carbonyl (C=O) groups is 3. The first-order chi connectivity index (χ1) is 14.9. The summed E-state index contributed by atoms with van der Waals surface area (Å²) in [7, 11) is 0. The number of carbonyl (C=O) groups excluding carboxylic acids is 3. The average Bonchev–Trinajstić information content (AvgIpc) is 2.79. The van der Waals surface area contributed by atoms with E-state index in [0.717, 1.165) is 4.47 Å². The van der Waals surface area contributed by atoms with Crippen LogP contribution in [0.15, 0.2) is 83.3 Å². The molecule has 0 heterocycles. The SMILES string of the molecule is O=C(COC(=O)[C@H](CC(=O)c1ccccc1)Nc1ccc(F)cc1)c1ccc(Br)cc1. The van der Waals surface area contributed by atoms with Gasteiger partial charge in [0.1, 0.15) is 11.9 Å². The van der Waals surface area contributed by atoms with Crippen LogP contribution in [0.4, 0.5) is 10.1 Å². The number of ketones is 2. The third kappa shape index (κ3) is 6.58. The van der Waals surface area contributed by atoms with Crippen LogP contribution in [-0.2, 0) is 9.53 Å². The zero-order valence-corrected chi connectivity index (χ0v) is 18.0. The predicted octanol–water partition coefficient (Wildman–Crippen LogP) is 5.07. The van der Waals surface area contributed by atoms with Crippen LogP contribution in [0.5, 0.6) is 0 Å². The standard InChI is InChI=1S/C24H19BrFNO4/c25-18-8-6-17(7-9-18)23(29)15-31-24(30)21(27-20-12-10-19(26)11-13-20)14-22(28)16-4-2-1-3-5-16/h1-13,21,27H,14-15H2/t21-/m0/s1. The summed E-state index contributed by atoms with van der Waals surface area (Å²) < 4.78 is 19.2. The van der Waals surface area contributed by atoms with Crippen molar-refractivity contribution < 1.29 is 23.5 Å². The number of halogens is 2. The minimum atomic E-state index is -1.05. The molecule has 0 fully saturated rings. The van der Waals surface area contributed by atoms with Crippen molar-refractivity contribution in [3.63, 3.8) is 0 Å². The average molecular weight is 484 g/mol. The second-order valence-corrected chi connectivity index (χ2v) is 7.65. The molecule has 0 aliphatic heterocycles. The van der Waals surface area contributed by atoms with Gasteiger partial charge in [-0.15, -0.1) is 0 Å². The smallest absolute Gasteiger partial charge is 0.329 e. The molecule has 0 aliphatic rings. The topological polar surface area (TPSA) is 72.5 Å². The predicted molar refractivity (Wildman–Crippen MR) is 119 cm³/mol. The van der Waals surface area contributed by atoms with Gasteiger partial charge in [-0.25, -0.2) is 9.18 Å². The molecule has 3 rings (SSSR count). The Bertz CT molecular complexity index is 1050. The molecule has 1 N–H and O–H groups in total. The van der Waals surface area contributed by atoms with Gasteiger partial charge in [-0.2, -0.15) is 0 Å². The number of esters is 1. The van der Waals surface area contributed by atoms with Gasteiger partial charge in [-0.05, 0) is 36.4 Å². The first kappa shape index (κ1) is 22.4. The van der Waals surface area contributed by atoms with Crippen molar-refractivity contribution >= 4 is 39.2 Å². The summed E-state index contributed by atoms with van der Waals surface area (Å²) in [6.07, 6.45) is -0.188. The minimum absolute atomic E-state index is 0.188. The van der Waals surface area contributed by atoms with E-state index in [-0.39, 0.29) is 18.0 Å². The van der Waals surface area contributed by atoms with Gasteiger partial charge in [0.05, 0.1) is 0 Å². The van der Waals surface area contributed by atoms with Crippen LogP contribution in [0.1, 0.15) is 27.1 Å². The highest BCUT2D eigenvalue weighted by Gasteiger charge is 2.25. The molecule has 0 bridgehead atoms. The Kier molecular flexibility index (Phi) is 7.67. The van der Waals surface area contributed by atoms with Crippen molar-refractivity contribution in [2.24, 2.45) is 0 Å². The summed E-state index contributed by atoms with van der Waals surface area (Å²) in [6.45, 7) is -0.457. The van der Waals surface area contributed by atoms with E-state index in [1.165, 1.54) is 24.3 Å². The fraction of sp³-hybridized carbons (Fsp3) is 0.125. The number of nitrogens with one attached hydrogen (secondary N) is 1. The highest BCUT2D eigenvalue weighted by Crippen LogP contribution is 2.15. The van der Waals surface area contributed by atoms with Crippen molar-refractivity contribution in [2.75, 3.05) is 11.9 Å². The molecule has 3 aromatic rings. The first-order valence-electron chi connectivity index (χ1n) is 9.48. The zero-order chi connectivity index (χ0) is 22.2. The molecule has 0 spiro atoms. The first-order valence-corrected chi connectivity index (χ1v) is 10.3. The Balaban J connectivity index is 1.70. The van der Waals surface area contributed by atoms with Gasteiger partial charge in [0, 0.05) is 27.7 Å². The van der Waals surface area contributed by atoms with Gasteiger partial charge >= 0.3 is 5.97 Å². The molecule has 5 nitrogen and oxygen atoms in total. The van der Waals surface area contributed by atoms with Gasteiger partial charge in [-0.1, -0.05) is 58.4 Å². The summed E-state index contributed by atoms with van der Waals surface area (Å²) >= 11 is 3.29. The Morgan fingerprint density at radius 1 is 0.839 bits per heavy atom. The van der Waals surface area contributed by atoms with Gasteiger partial charge in [-0.3, -0.25) is 9.59 Å². The number of anilines is 1. The van der Waals surface area contributed by atoms with Crippen LogP contribution in [0.25, 0.3) is 0 Å². The van der Waals surface area contributed by atoms with Gasteiger partial charge in [0.2, 0.25) is 0 Å². The van der Waals surface area contributed by atoms with Crippen LogP contribution < -0.4 is 5.32 Å². The number of hydrogen-bond donors (Lipinski definition) is 1. The summed E-state index contributed by atoms with van der Waals surface area (Å²) in [5.74, 6) is -1.81. The molecule has 0 amide bonds. The molecule has 0 aliphatic carbocycles. The molecule has 0 aromatic heterocycles. The molecule has 158 valence electrons. The molecule has 0 unspecified atom stereocenters. The summed E-state index contributed by atoms with van der Waals surface area (Å²) in [6, 6.07) is 19.5. The van der Waals surface area contributed by atoms with E-state index in [4.69, 9.17) is 4.74 Å². The number of ether oxygens (including phenoxy) is 1. The molecular weight excluding hydrogens is 465 g/mol. The monoisotopic (exact) mass is 483 g/mol. The number of hydrogen-bond acceptors (Lipinski definition) is 5. The Hall–Kier alpha value is -3.32. The molecule has 0 saturated carbocycles. The lowest BCUT2D eigenvalue weighted by atomic mass is 10.0. The van der Waals surface area contributed by atoms with E-state index in [1.54, 1.807) is 54.6 Å². The van der Waals surface area contributed by atoms with E-state index in [2.05, 4.69) is 21.2 Å². The van der Waals surface area contributed by atoms with E-state index in [1.807, 2.05) is 0 Å². The third-order valence-corrected chi connectivity index (χ3v) is 5.00. The number of rotatable bonds is 9. The van der Waals surface area contributed by atoms with Crippen LogP contribution >= 0.6 is 15.9 Å². The van der Waals surface area contributed by atoms with Gasteiger partial charge in [0.15, 0.2) is 18.2 Å². The van der Waals surface area contributed by atoms with Crippen LogP contribution in [0, 0.1) is 5.82 Å². The largest absolute Gasteiger partial charge is 0.456 e. The number of Topliss-reactive ketones (excluding diaryl/α,β-unsaturated/α-hetero) is 2. The van der Waals surface area contributed by atoms with Crippen molar-refractivity contribution in [1.29, 1.82) is 0 Å². The highest BCUT2D eigenvalue weighted by molar-refractivity contribution is 9.10. The second kappa shape index (κ2) is 10.6. The lowest BCUT2D eigenvalue weighted by Crippen LogP contribution is -2.34. The van der Waals surface area contributed by atoms with E-state index in [0.29, 0.717) is 16.8 Å².